The fourth-order valence-electron chi connectivity index (χ4n) is 5.31. The van der Waals surface area contributed by atoms with Crippen LogP contribution in [0.5, 0.6) is 0 Å². The molecule has 13 heteroatoms. The molecule has 6 heterocycles. The van der Waals surface area contributed by atoms with Gasteiger partial charge < -0.3 is 10.6 Å². The zero-order chi connectivity index (χ0) is 27.8. The van der Waals surface area contributed by atoms with Crippen molar-refractivity contribution < 1.29 is 14.0 Å². The van der Waals surface area contributed by atoms with Crippen LogP contribution in [0.1, 0.15) is 29.0 Å². The molecule has 0 spiro atoms. The van der Waals surface area contributed by atoms with Crippen LogP contribution < -0.4 is 10.6 Å². The number of piperidine rings is 1. The first kappa shape index (κ1) is 26.0. The second-order valence-corrected chi connectivity index (χ2v) is 10.5. The van der Waals surface area contributed by atoms with Crippen LogP contribution in [0.3, 0.4) is 0 Å². The number of aromatic nitrogens is 6. The smallest absolute Gasteiger partial charge is 0.278 e. The number of amides is 2. The number of alkyl halides is 1. The van der Waals surface area contributed by atoms with Crippen molar-refractivity contribution in [3.63, 3.8) is 0 Å². The summed E-state index contributed by atoms with van der Waals surface area (Å²) < 4.78 is 16.4. The van der Waals surface area contributed by atoms with Crippen LogP contribution >= 0.6 is 0 Å². The number of likely N-dealkylation sites (tertiary alicyclic amines) is 2. The number of nitrogens with one attached hydrogen (secondary N) is 2. The molecule has 2 aliphatic rings. The Morgan fingerprint density at radius 1 is 1.07 bits per heavy atom. The number of hydrogen-bond donors (Lipinski definition) is 2. The average Bonchev–Trinajstić information content (AvgIpc) is 3.55. The molecule has 0 atom stereocenters. The molecule has 2 amide bonds. The highest BCUT2D eigenvalue weighted by atomic mass is 19.1. The zero-order valence-electron chi connectivity index (χ0n) is 22.4. The van der Waals surface area contributed by atoms with E-state index >= 15 is 0 Å². The number of pyridine rings is 2. The number of rotatable bonds is 7. The maximum absolute atomic E-state index is 13.2. The lowest BCUT2D eigenvalue weighted by Crippen LogP contribution is -2.56. The Kier molecular flexibility index (Phi) is 6.98. The minimum absolute atomic E-state index is 0.150. The average molecular weight is 547 g/mol. The summed E-state index contributed by atoms with van der Waals surface area (Å²) in [5.74, 6) is -0.579. The van der Waals surface area contributed by atoms with Crippen molar-refractivity contribution in [2.75, 3.05) is 43.4 Å². The molecule has 4 aromatic heterocycles. The molecule has 208 valence electrons. The van der Waals surface area contributed by atoms with E-state index in [-0.39, 0.29) is 18.1 Å². The summed E-state index contributed by atoms with van der Waals surface area (Å²) >= 11 is 0. The Morgan fingerprint density at radius 3 is 2.60 bits per heavy atom. The number of aryl methyl sites for hydroxylation is 2. The van der Waals surface area contributed by atoms with E-state index in [1.807, 2.05) is 19.3 Å². The van der Waals surface area contributed by atoms with Crippen molar-refractivity contribution in [3.05, 3.63) is 54.4 Å². The van der Waals surface area contributed by atoms with Crippen LogP contribution in [0, 0.1) is 6.92 Å². The van der Waals surface area contributed by atoms with Crippen LogP contribution in [0.25, 0.3) is 16.6 Å². The number of halogens is 1. The first-order chi connectivity index (χ1) is 19.3. The second-order valence-electron chi connectivity index (χ2n) is 10.5. The Hall–Kier alpha value is -4.23. The predicted molar refractivity (Wildman–Crippen MR) is 147 cm³/mol. The monoisotopic (exact) mass is 546 g/mol. The van der Waals surface area contributed by atoms with Gasteiger partial charge in [-0.05, 0) is 31.9 Å². The number of fused-ring (bicyclic) bond motifs is 1. The van der Waals surface area contributed by atoms with Gasteiger partial charge in [0.05, 0.1) is 41.5 Å². The van der Waals surface area contributed by atoms with E-state index in [2.05, 4.69) is 40.8 Å². The van der Waals surface area contributed by atoms with Crippen LogP contribution in [0.2, 0.25) is 0 Å². The van der Waals surface area contributed by atoms with Crippen molar-refractivity contribution in [1.29, 1.82) is 0 Å². The molecule has 2 N–H and O–H groups in total. The van der Waals surface area contributed by atoms with Gasteiger partial charge in [0.2, 0.25) is 5.91 Å². The Morgan fingerprint density at radius 2 is 1.88 bits per heavy atom. The highest BCUT2D eigenvalue weighted by molar-refractivity contribution is 6.08. The van der Waals surface area contributed by atoms with E-state index in [0.29, 0.717) is 41.7 Å². The number of anilines is 2. The van der Waals surface area contributed by atoms with Gasteiger partial charge in [-0.2, -0.15) is 5.10 Å². The molecule has 0 unspecified atom stereocenters. The molecule has 0 radical (unpaired) electrons. The van der Waals surface area contributed by atoms with Gasteiger partial charge in [-0.15, -0.1) is 5.10 Å². The number of carbonyl (C=O) groups excluding carboxylic acids is 2. The van der Waals surface area contributed by atoms with Crippen molar-refractivity contribution in [3.8, 4) is 11.1 Å². The molecule has 12 nitrogen and oxygen atoms in total. The molecule has 0 bridgehead atoms. The van der Waals surface area contributed by atoms with Gasteiger partial charge in [0.25, 0.3) is 5.91 Å². The summed E-state index contributed by atoms with van der Waals surface area (Å²) in [5, 5.41) is 18.1. The fraction of sp³-hybridized carbons (Fsp3) is 0.407. The van der Waals surface area contributed by atoms with Crippen LogP contribution in [0.4, 0.5) is 15.8 Å². The van der Waals surface area contributed by atoms with Crippen LogP contribution in [-0.2, 0) is 11.8 Å². The Balaban J connectivity index is 1.07. The lowest BCUT2D eigenvalue weighted by molar-refractivity contribution is -0.117. The van der Waals surface area contributed by atoms with E-state index in [4.69, 9.17) is 0 Å². The van der Waals surface area contributed by atoms with Gasteiger partial charge in [-0.1, -0.05) is 11.3 Å². The molecule has 40 heavy (non-hydrogen) atoms. The van der Waals surface area contributed by atoms with Crippen molar-refractivity contribution in [2.24, 2.45) is 7.05 Å². The van der Waals surface area contributed by atoms with Gasteiger partial charge in [0, 0.05) is 62.8 Å². The molecule has 6 rings (SSSR count). The molecule has 2 saturated heterocycles. The third-order valence-corrected chi connectivity index (χ3v) is 7.59. The standard InChI is InChI=1S/C27H31FN10O2/c1-17-23(32-27(40)26-24-4-3-18(13-38(24)34-33-26)19-10-30-35(2)12-19)9-21(11-29-17)31-25(39)16-36-7-5-22(6-8-36)37-14-20(28)15-37/h3-4,9-13,20,22H,5-8,14-16H2,1-2H3,(H,31,39)(H,32,40). The van der Waals surface area contributed by atoms with E-state index in [1.54, 1.807) is 46.8 Å². The number of hydrogen-bond acceptors (Lipinski definition) is 8. The highest BCUT2D eigenvalue weighted by Gasteiger charge is 2.34. The van der Waals surface area contributed by atoms with Crippen molar-refractivity contribution in [1.82, 2.24) is 39.4 Å². The lowest BCUT2D eigenvalue weighted by Gasteiger charge is -2.44. The lowest BCUT2D eigenvalue weighted by atomic mass is 9.99. The van der Waals surface area contributed by atoms with Gasteiger partial charge in [0.1, 0.15) is 6.17 Å². The van der Waals surface area contributed by atoms with Gasteiger partial charge in [0.15, 0.2) is 5.69 Å². The third kappa shape index (κ3) is 5.42. The van der Waals surface area contributed by atoms with Crippen molar-refractivity contribution in [2.45, 2.75) is 32.0 Å². The minimum Gasteiger partial charge on any atom is -0.324 e. The third-order valence-electron chi connectivity index (χ3n) is 7.59. The first-order valence-corrected chi connectivity index (χ1v) is 13.3. The Labute approximate surface area is 230 Å². The topological polar surface area (TPSA) is 126 Å². The molecule has 2 aliphatic heterocycles. The minimum atomic E-state index is -0.691. The molecule has 0 aliphatic carbocycles. The van der Waals surface area contributed by atoms with E-state index < -0.39 is 12.1 Å². The summed E-state index contributed by atoms with van der Waals surface area (Å²) in [7, 11) is 1.85. The number of carbonyl (C=O) groups is 2. The highest BCUT2D eigenvalue weighted by Crippen LogP contribution is 2.24. The molecule has 2 fully saturated rings. The fourth-order valence-corrected chi connectivity index (χ4v) is 5.31. The summed E-state index contributed by atoms with van der Waals surface area (Å²) in [6.07, 6.45) is 8.20. The Bertz CT molecular complexity index is 1550. The summed E-state index contributed by atoms with van der Waals surface area (Å²) in [6.45, 7) is 4.71. The van der Waals surface area contributed by atoms with Crippen molar-refractivity contribution >= 4 is 28.7 Å². The maximum atomic E-state index is 13.2. The summed E-state index contributed by atoms with van der Waals surface area (Å²) in [6, 6.07) is 5.78. The number of nitrogens with zero attached hydrogens (tertiary/aromatic N) is 8. The summed E-state index contributed by atoms with van der Waals surface area (Å²) in [4.78, 5) is 34.5. The van der Waals surface area contributed by atoms with Crippen LogP contribution in [0.15, 0.2) is 43.0 Å². The van der Waals surface area contributed by atoms with Gasteiger partial charge >= 0.3 is 0 Å². The second kappa shape index (κ2) is 10.7. The molecular weight excluding hydrogens is 515 g/mol. The van der Waals surface area contributed by atoms with Crippen LogP contribution in [-0.4, -0.2) is 96.1 Å². The normalized spacial score (nSPS) is 17.2. The van der Waals surface area contributed by atoms with E-state index in [0.717, 1.165) is 37.1 Å². The molecular formula is C27H31FN10O2. The maximum Gasteiger partial charge on any atom is 0.278 e. The van der Waals surface area contributed by atoms with E-state index in [1.165, 1.54) is 0 Å². The van der Waals surface area contributed by atoms with E-state index in [9.17, 15) is 14.0 Å². The SMILES string of the molecule is Cc1ncc(NC(=O)CN2CCC(N3CC(F)C3)CC2)cc1NC(=O)c1nnn2cc(-c3cnn(C)c3)ccc12. The van der Waals surface area contributed by atoms with Gasteiger partial charge in [-0.25, -0.2) is 8.91 Å². The molecule has 0 saturated carbocycles. The quantitative estimate of drug-likeness (QED) is 0.361. The zero-order valence-corrected chi connectivity index (χ0v) is 22.4. The first-order valence-electron chi connectivity index (χ1n) is 13.3. The molecule has 0 aromatic carbocycles. The predicted octanol–water partition coefficient (Wildman–Crippen LogP) is 2.14. The molecule has 4 aromatic rings. The largest absolute Gasteiger partial charge is 0.324 e. The van der Waals surface area contributed by atoms with Gasteiger partial charge in [-0.3, -0.25) is 29.1 Å². The summed E-state index contributed by atoms with van der Waals surface area (Å²) in [5.41, 5.74) is 4.13.